The van der Waals surface area contributed by atoms with Crippen molar-refractivity contribution in [2.75, 3.05) is 11.9 Å². The molecule has 0 atom stereocenters. The van der Waals surface area contributed by atoms with Crippen LogP contribution in [0.3, 0.4) is 0 Å². The molecule has 0 saturated heterocycles. The third kappa shape index (κ3) is 4.35. The van der Waals surface area contributed by atoms with Gasteiger partial charge in [-0.15, -0.1) is 0 Å². The zero-order chi connectivity index (χ0) is 18.0. The van der Waals surface area contributed by atoms with Gasteiger partial charge < -0.3 is 15.2 Å². The Labute approximate surface area is 144 Å². The quantitative estimate of drug-likeness (QED) is 0.835. The zero-order valence-electron chi connectivity index (χ0n) is 13.7. The van der Waals surface area contributed by atoms with Crippen LogP contribution < -0.4 is 10.1 Å². The second kappa shape index (κ2) is 6.93. The number of nitrogens with one attached hydrogen (secondary N) is 1. The van der Waals surface area contributed by atoms with Crippen LogP contribution in [0.5, 0.6) is 5.75 Å². The minimum absolute atomic E-state index is 0.0365. The number of amides is 1. The van der Waals surface area contributed by atoms with E-state index in [-0.39, 0.29) is 16.9 Å². The molecule has 2 N–H and O–H groups in total. The van der Waals surface area contributed by atoms with Gasteiger partial charge >= 0.3 is 5.97 Å². The van der Waals surface area contributed by atoms with Gasteiger partial charge in [0.2, 0.25) is 0 Å². The predicted molar refractivity (Wildman–Crippen MR) is 90.7 cm³/mol. The minimum Gasteiger partial charge on any atom is -0.491 e. The highest BCUT2D eigenvalue weighted by molar-refractivity contribution is 6.06. The molecule has 3 rings (SSSR count). The van der Waals surface area contributed by atoms with Crippen molar-refractivity contribution in [1.82, 2.24) is 0 Å². The Hall–Kier alpha value is -2.89. The number of carbonyl (C=O) groups excluding carboxylic acids is 1. The van der Waals surface area contributed by atoms with Gasteiger partial charge in [-0.2, -0.15) is 0 Å². The average Bonchev–Trinajstić information content (AvgIpc) is 3.38. The number of hydrogen-bond donors (Lipinski definition) is 2. The lowest BCUT2D eigenvalue weighted by Crippen LogP contribution is -2.14. The maximum absolute atomic E-state index is 13.5. The summed E-state index contributed by atoms with van der Waals surface area (Å²) in [6.45, 7) is 2.20. The van der Waals surface area contributed by atoms with Gasteiger partial charge in [0.25, 0.3) is 5.91 Å². The fourth-order valence-electron chi connectivity index (χ4n) is 2.44. The largest absolute Gasteiger partial charge is 0.491 e. The lowest BCUT2D eigenvalue weighted by Gasteiger charge is -2.13. The number of halogens is 1. The highest BCUT2D eigenvalue weighted by Gasteiger charge is 2.23. The molecule has 1 aliphatic rings. The van der Waals surface area contributed by atoms with Crippen LogP contribution in [0.2, 0.25) is 0 Å². The van der Waals surface area contributed by atoms with Crippen LogP contribution >= 0.6 is 0 Å². The number of aromatic carboxylic acids is 1. The van der Waals surface area contributed by atoms with Crippen molar-refractivity contribution in [1.29, 1.82) is 0 Å². The van der Waals surface area contributed by atoms with E-state index < -0.39 is 17.7 Å². The van der Waals surface area contributed by atoms with Crippen molar-refractivity contribution in [2.24, 2.45) is 5.92 Å². The SMILES string of the molecule is Cc1cc(C(=O)O)cc(C(=O)Nc2ccc(F)cc2OCC2CC2)c1. The minimum atomic E-state index is -1.10. The van der Waals surface area contributed by atoms with Gasteiger partial charge in [0.05, 0.1) is 17.9 Å². The number of ether oxygens (including phenoxy) is 1. The molecule has 6 heteroatoms. The van der Waals surface area contributed by atoms with Crippen LogP contribution in [0, 0.1) is 18.7 Å². The maximum Gasteiger partial charge on any atom is 0.335 e. The van der Waals surface area contributed by atoms with E-state index in [1.165, 1.54) is 30.3 Å². The van der Waals surface area contributed by atoms with E-state index in [0.29, 0.717) is 23.8 Å². The summed E-state index contributed by atoms with van der Waals surface area (Å²) in [5, 5.41) is 11.8. The molecule has 25 heavy (non-hydrogen) atoms. The molecular weight excluding hydrogens is 325 g/mol. The summed E-state index contributed by atoms with van der Waals surface area (Å²) in [5.41, 5.74) is 1.27. The van der Waals surface area contributed by atoms with Crippen molar-refractivity contribution >= 4 is 17.6 Å². The van der Waals surface area contributed by atoms with Crippen LogP contribution in [0.25, 0.3) is 0 Å². The summed E-state index contributed by atoms with van der Waals surface area (Å²) in [7, 11) is 0. The van der Waals surface area contributed by atoms with Gasteiger partial charge in [-0.05, 0) is 61.6 Å². The molecule has 1 aliphatic carbocycles. The zero-order valence-corrected chi connectivity index (χ0v) is 13.7. The Bertz CT molecular complexity index is 830. The Kier molecular flexibility index (Phi) is 4.70. The summed E-state index contributed by atoms with van der Waals surface area (Å²) < 4.78 is 19.1. The summed E-state index contributed by atoms with van der Waals surface area (Å²) in [5.74, 6) is -1.28. The van der Waals surface area contributed by atoms with E-state index in [1.54, 1.807) is 13.0 Å². The first-order valence-corrected chi connectivity index (χ1v) is 8.01. The summed E-state index contributed by atoms with van der Waals surface area (Å²) in [4.78, 5) is 23.6. The average molecular weight is 343 g/mol. The monoisotopic (exact) mass is 343 g/mol. The lowest BCUT2D eigenvalue weighted by molar-refractivity contribution is 0.0696. The molecule has 0 aromatic heterocycles. The molecule has 0 unspecified atom stereocenters. The van der Waals surface area contributed by atoms with Crippen molar-refractivity contribution in [3.05, 3.63) is 58.9 Å². The van der Waals surface area contributed by atoms with Crippen LogP contribution in [0.15, 0.2) is 36.4 Å². The highest BCUT2D eigenvalue weighted by atomic mass is 19.1. The third-order valence-corrected chi connectivity index (χ3v) is 3.95. The van der Waals surface area contributed by atoms with Crippen molar-refractivity contribution < 1.29 is 23.8 Å². The number of aryl methyl sites for hydroxylation is 1. The summed E-state index contributed by atoms with van der Waals surface area (Å²) in [6.07, 6.45) is 2.19. The molecule has 0 spiro atoms. The molecule has 2 aromatic carbocycles. The highest BCUT2D eigenvalue weighted by Crippen LogP contribution is 2.32. The Morgan fingerprint density at radius 3 is 2.60 bits per heavy atom. The van der Waals surface area contributed by atoms with Crippen LogP contribution in [0.4, 0.5) is 10.1 Å². The molecular formula is C19H18FNO4. The van der Waals surface area contributed by atoms with Gasteiger partial charge in [-0.1, -0.05) is 0 Å². The molecule has 0 radical (unpaired) electrons. The fourth-order valence-corrected chi connectivity index (χ4v) is 2.44. The van der Waals surface area contributed by atoms with E-state index in [1.807, 2.05) is 0 Å². The standard InChI is InChI=1S/C19H18FNO4/c1-11-6-13(8-14(7-11)19(23)24)18(22)21-16-5-4-15(20)9-17(16)25-10-12-2-3-12/h4-9,12H,2-3,10H2,1H3,(H,21,22)(H,23,24). The molecule has 2 aromatic rings. The first kappa shape index (κ1) is 17.0. The molecule has 1 amide bonds. The first-order valence-electron chi connectivity index (χ1n) is 8.01. The summed E-state index contributed by atoms with van der Waals surface area (Å²) in [6, 6.07) is 8.29. The van der Waals surface area contributed by atoms with Gasteiger partial charge in [0.15, 0.2) is 0 Å². The molecule has 1 fully saturated rings. The predicted octanol–water partition coefficient (Wildman–Crippen LogP) is 3.87. The number of carbonyl (C=O) groups is 2. The lowest BCUT2D eigenvalue weighted by atomic mass is 10.1. The van der Waals surface area contributed by atoms with Crippen molar-refractivity contribution in [2.45, 2.75) is 19.8 Å². The molecule has 0 bridgehead atoms. The summed E-state index contributed by atoms with van der Waals surface area (Å²) >= 11 is 0. The van der Waals surface area contributed by atoms with Crippen LogP contribution in [-0.4, -0.2) is 23.6 Å². The fraction of sp³-hybridized carbons (Fsp3) is 0.263. The molecule has 0 heterocycles. The smallest absolute Gasteiger partial charge is 0.335 e. The van der Waals surface area contributed by atoms with E-state index in [4.69, 9.17) is 9.84 Å². The molecule has 5 nitrogen and oxygen atoms in total. The Morgan fingerprint density at radius 2 is 1.92 bits per heavy atom. The number of benzene rings is 2. The van der Waals surface area contributed by atoms with E-state index in [9.17, 15) is 14.0 Å². The van der Waals surface area contributed by atoms with Crippen LogP contribution in [0.1, 0.15) is 39.1 Å². The number of carboxylic acid groups (broad SMARTS) is 1. The van der Waals surface area contributed by atoms with E-state index in [0.717, 1.165) is 12.8 Å². The second-order valence-corrected chi connectivity index (χ2v) is 6.24. The van der Waals surface area contributed by atoms with Crippen LogP contribution in [-0.2, 0) is 0 Å². The number of carboxylic acids is 1. The molecule has 0 aliphatic heterocycles. The van der Waals surface area contributed by atoms with Gasteiger partial charge in [0.1, 0.15) is 11.6 Å². The number of rotatable bonds is 6. The topological polar surface area (TPSA) is 75.6 Å². The first-order chi connectivity index (χ1) is 11.9. The van der Waals surface area contributed by atoms with E-state index in [2.05, 4.69) is 5.32 Å². The Morgan fingerprint density at radius 1 is 1.20 bits per heavy atom. The van der Waals surface area contributed by atoms with E-state index >= 15 is 0 Å². The Balaban J connectivity index is 1.81. The van der Waals surface area contributed by atoms with Gasteiger partial charge in [-0.25, -0.2) is 9.18 Å². The molecule has 1 saturated carbocycles. The molecule has 130 valence electrons. The van der Waals surface area contributed by atoms with Crippen molar-refractivity contribution in [3.8, 4) is 5.75 Å². The number of hydrogen-bond acceptors (Lipinski definition) is 3. The van der Waals surface area contributed by atoms with Crippen molar-refractivity contribution in [3.63, 3.8) is 0 Å². The number of anilines is 1. The second-order valence-electron chi connectivity index (χ2n) is 6.24. The maximum atomic E-state index is 13.5. The van der Waals surface area contributed by atoms with Gasteiger partial charge in [-0.3, -0.25) is 4.79 Å². The van der Waals surface area contributed by atoms with Gasteiger partial charge in [0, 0.05) is 11.6 Å². The normalized spacial score (nSPS) is 13.4. The third-order valence-electron chi connectivity index (χ3n) is 3.95.